The van der Waals surface area contributed by atoms with Gasteiger partial charge in [0.1, 0.15) is 11.5 Å². The van der Waals surface area contributed by atoms with Gasteiger partial charge in [-0.3, -0.25) is 4.98 Å². The molecule has 0 aliphatic heterocycles. The molecule has 2 heterocycles. The number of nitrogens with zero attached hydrogens (tertiary/aromatic N) is 3. The van der Waals surface area contributed by atoms with Crippen LogP contribution >= 0.6 is 0 Å². The van der Waals surface area contributed by atoms with Crippen molar-refractivity contribution >= 4 is 17.3 Å². The van der Waals surface area contributed by atoms with Crippen molar-refractivity contribution in [1.29, 1.82) is 0 Å². The van der Waals surface area contributed by atoms with Crippen LogP contribution < -0.4 is 15.4 Å². The molecule has 0 fully saturated rings. The molecule has 0 radical (unpaired) electrons. The number of pyridine rings is 1. The van der Waals surface area contributed by atoms with E-state index < -0.39 is 0 Å². The normalized spacial score (nSPS) is 10.0. The summed E-state index contributed by atoms with van der Waals surface area (Å²) < 4.78 is 5.70. The molecule has 0 aliphatic rings. The lowest BCUT2D eigenvalue weighted by Gasteiger charge is -2.10. The molecule has 1 aromatic carbocycles. The van der Waals surface area contributed by atoms with Crippen LogP contribution in [0.4, 0.5) is 17.3 Å². The fraction of sp³-hybridized carbons (Fsp3) is 0.0625. The predicted molar refractivity (Wildman–Crippen MR) is 85.6 cm³/mol. The molecule has 0 saturated carbocycles. The Bertz CT molecular complexity index is 731. The highest BCUT2D eigenvalue weighted by molar-refractivity contribution is 5.67. The fourth-order valence-corrected chi connectivity index (χ4v) is 1.90. The van der Waals surface area contributed by atoms with E-state index in [0.29, 0.717) is 17.4 Å². The summed E-state index contributed by atoms with van der Waals surface area (Å²) in [5.74, 6) is 2.81. The number of ether oxygens (including phenoxy) is 1. The van der Waals surface area contributed by atoms with Crippen LogP contribution in [-0.4, -0.2) is 22.0 Å². The Balaban J connectivity index is 1.72. The van der Waals surface area contributed by atoms with Crippen molar-refractivity contribution in [2.45, 2.75) is 0 Å². The van der Waals surface area contributed by atoms with Gasteiger partial charge in [-0.15, -0.1) is 0 Å². The number of aromatic nitrogens is 3. The van der Waals surface area contributed by atoms with Gasteiger partial charge in [0.25, 0.3) is 0 Å². The Labute approximate surface area is 128 Å². The van der Waals surface area contributed by atoms with Crippen LogP contribution in [0.15, 0.2) is 61.2 Å². The zero-order chi connectivity index (χ0) is 15.2. The predicted octanol–water partition coefficient (Wildman–Crippen LogP) is 3.45. The summed E-state index contributed by atoms with van der Waals surface area (Å²) in [6.45, 7) is 0. The Hall–Kier alpha value is -3.15. The number of hydrogen-bond donors (Lipinski definition) is 2. The molecule has 0 atom stereocenters. The number of hydrogen-bond acceptors (Lipinski definition) is 6. The minimum Gasteiger partial charge on any atom is -0.456 e. The van der Waals surface area contributed by atoms with Crippen molar-refractivity contribution in [2.24, 2.45) is 0 Å². The smallest absolute Gasteiger partial charge is 0.173 e. The molecule has 110 valence electrons. The molecule has 6 heteroatoms. The van der Waals surface area contributed by atoms with E-state index >= 15 is 0 Å². The van der Waals surface area contributed by atoms with E-state index in [-0.39, 0.29) is 0 Å². The number of nitrogens with one attached hydrogen (secondary N) is 2. The first-order valence-corrected chi connectivity index (χ1v) is 6.79. The van der Waals surface area contributed by atoms with E-state index in [1.54, 1.807) is 31.8 Å². The van der Waals surface area contributed by atoms with Gasteiger partial charge in [-0.05, 0) is 36.4 Å². The van der Waals surface area contributed by atoms with Gasteiger partial charge >= 0.3 is 0 Å². The van der Waals surface area contributed by atoms with Gasteiger partial charge < -0.3 is 15.4 Å². The SMILES string of the molecule is CNc1nccnc1Nc1ccc(Oc2cccnc2)cc1. The quantitative estimate of drug-likeness (QED) is 0.750. The van der Waals surface area contributed by atoms with Crippen molar-refractivity contribution < 1.29 is 4.74 Å². The van der Waals surface area contributed by atoms with Gasteiger partial charge in [0.05, 0.1) is 6.20 Å². The van der Waals surface area contributed by atoms with Crippen LogP contribution in [0.1, 0.15) is 0 Å². The third-order valence-electron chi connectivity index (χ3n) is 2.92. The molecule has 0 spiro atoms. The van der Waals surface area contributed by atoms with E-state index in [0.717, 1.165) is 11.4 Å². The molecule has 3 rings (SSSR count). The molecule has 0 aliphatic carbocycles. The summed E-state index contributed by atoms with van der Waals surface area (Å²) in [7, 11) is 1.81. The molecule has 0 saturated heterocycles. The number of anilines is 3. The van der Waals surface area contributed by atoms with E-state index in [2.05, 4.69) is 25.6 Å². The Morgan fingerprint density at radius 1 is 0.864 bits per heavy atom. The van der Waals surface area contributed by atoms with Gasteiger partial charge in [0, 0.05) is 31.3 Å². The number of benzene rings is 1. The van der Waals surface area contributed by atoms with Crippen molar-refractivity contribution in [3.05, 3.63) is 61.2 Å². The summed E-state index contributed by atoms with van der Waals surface area (Å²) in [5.41, 5.74) is 0.899. The third kappa shape index (κ3) is 3.29. The van der Waals surface area contributed by atoms with Crippen LogP contribution in [0.2, 0.25) is 0 Å². The highest BCUT2D eigenvalue weighted by Gasteiger charge is 2.04. The largest absolute Gasteiger partial charge is 0.456 e. The summed E-state index contributed by atoms with van der Waals surface area (Å²) in [6, 6.07) is 11.3. The molecular weight excluding hydrogens is 278 g/mol. The lowest BCUT2D eigenvalue weighted by Crippen LogP contribution is -2.01. The Kier molecular flexibility index (Phi) is 4.10. The molecule has 0 unspecified atom stereocenters. The van der Waals surface area contributed by atoms with Gasteiger partial charge in [-0.25, -0.2) is 9.97 Å². The molecule has 0 amide bonds. The first-order valence-electron chi connectivity index (χ1n) is 6.79. The second kappa shape index (κ2) is 6.53. The average Bonchev–Trinajstić information content (AvgIpc) is 2.58. The molecule has 0 bridgehead atoms. The van der Waals surface area contributed by atoms with E-state index in [1.165, 1.54) is 0 Å². The average molecular weight is 293 g/mol. The van der Waals surface area contributed by atoms with Crippen molar-refractivity contribution in [1.82, 2.24) is 15.0 Å². The van der Waals surface area contributed by atoms with Crippen LogP contribution in [0, 0.1) is 0 Å². The summed E-state index contributed by atoms with van der Waals surface area (Å²) in [4.78, 5) is 12.5. The second-order valence-corrected chi connectivity index (χ2v) is 4.44. The molecule has 2 aromatic heterocycles. The fourth-order valence-electron chi connectivity index (χ4n) is 1.90. The monoisotopic (exact) mass is 293 g/mol. The van der Waals surface area contributed by atoms with Crippen molar-refractivity contribution in [3.8, 4) is 11.5 Å². The maximum atomic E-state index is 5.70. The van der Waals surface area contributed by atoms with E-state index in [1.807, 2.05) is 36.4 Å². The topological polar surface area (TPSA) is 72.0 Å². The maximum absolute atomic E-state index is 5.70. The van der Waals surface area contributed by atoms with Crippen molar-refractivity contribution in [2.75, 3.05) is 17.7 Å². The minimum absolute atomic E-state index is 0.672. The summed E-state index contributed by atoms with van der Waals surface area (Å²) in [5, 5.41) is 6.20. The molecule has 6 nitrogen and oxygen atoms in total. The molecule has 3 aromatic rings. The zero-order valence-corrected chi connectivity index (χ0v) is 12.0. The van der Waals surface area contributed by atoms with Crippen LogP contribution in [-0.2, 0) is 0 Å². The van der Waals surface area contributed by atoms with Crippen LogP contribution in [0.25, 0.3) is 0 Å². The lowest BCUT2D eigenvalue weighted by molar-refractivity contribution is 0.480. The minimum atomic E-state index is 0.672. The Morgan fingerprint density at radius 3 is 2.32 bits per heavy atom. The third-order valence-corrected chi connectivity index (χ3v) is 2.92. The number of rotatable bonds is 5. The Morgan fingerprint density at radius 2 is 1.64 bits per heavy atom. The van der Waals surface area contributed by atoms with Crippen molar-refractivity contribution in [3.63, 3.8) is 0 Å². The molecule has 22 heavy (non-hydrogen) atoms. The zero-order valence-electron chi connectivity index (χ0n) is 12.0. The summed E-state index contributed by atoms with van der Waals surface area (Å²) in [6.07, 6.45) is 6.66. The van der Waals surface area contributed by atoms with Gasteiger partial charge in [0.2, 0.25) is 0 Å². The van der Waals surface area contributed by atoms with Crippen LogP contribution in [0.3, 0.4) is 0 Å². The summed E-state index contributed by atoms with van der Waals surface area (Å²) >= 11 is 0. The van der Waals surface area contributed by atoms with Gasteiger partial charge in [0.15, 0.2) is 11.6 Å². The standard InChI is InChI=1S/C16H15N5O/c1-17-15-16(20-10-9-19-15)21-12-4-6-13(7-5-12)22-14-3-2-8-18-11-14/h2-11H,1H3,(H,17,19)(H,20,21). The second-order valence-electron chi connectivity index (χ2n) is 4.44. The first-order chi connectivity index (χ1) is 10.8. The highest BCUT2D eigenvalue weighted by Crippen LogP contribution is 2.25. The van der Waals surface area contributed by atoms with E-state index in [4.69, 9.17) is 4.74 Å². The highest BCUT2D eigenvalue weighted by atomic mass is 16.5. The van der Waals surface area contributed by atoms with Crippen LogP contribution in [0.5, 0.6) is 11.5 Å². The first kappa shape index (κ1) is 13.8. The van der Waals surface area contributed by atoms with E-state index in [9.17, 15) is 0 Å². The lowest BCUT2D eigenvalue weighted by atomic mass is 10.3. The van der Waals surface area contributed by atoms with Gasteiger partial charge in [-0.1, -0.05) is 0 Å². The molecular formula is C16H15N5O. The van der Waals surface area contributed by atoms with Gasteiger partial charge in [-0.2, -0.15) is 0 Å². The maximum Gasteiger partial charge on any atom is 0.173 e. The molecule has 2 N–H and O–H groups in total.